The van der Waals surface area contributed by atoms with E-state index in [1.54, 1.807) is 13.8 Å². The molecule has 0 bridgehead atoms. The van der Waals surface area contributed by atoms with E-state index >= 15 is 0 Å². The summed E-state index contributed by atoms with van der Waals surface area (Å²) in [6.45, 7) is 3.46. The first-order valence-corrected chi connectivity index (χ1v) is 3.36. The second kappa shape index (κ2) is 4.31. The van der Waals surface area contributed by atoms with E-state index in [9.17, 15) is 0 Å². The van der Waals surface area contributed by atoms with Crippen molar-refractivity contribution in [2.24, 2.45) is 17.8 Å². The van der Waals surface area contributed by atoms with Crippen molar-refractivity contribution in [3.8, 4) is 18.2 Å². The Balaban J connectivity index is 4.29. The van der Waals surface area contributed by atoms with Crippen LogP contribution >= 0.6 is 0 Å². The normalized spacial score (nSPS) is 14.2. The van der Waals surface area contributed by atoms with Crippen LogP contribution in [0.2, 0.25) is 0 Å². The first-order chi connectivity index (χ1) is 5.17. The van der Waals surface area contributed by atoms with Gasteiger partial charge in [0.2, 0.25) is 0 Å². The van der Waals surface area contributed by atoms with Crippen LogP contribution in [0.1, 0.15) is 13.8 Å². The topological polar surface area (TPSA) is 71.4 Å². The fourth-order valence-corrected chi connectivity index (χ4v) is 0.670. The molecule has 0 aliphatic heterocycles. The standard InChI is InChI=1S/C8H9N3/c1-6(3-9)7(2)8(4-10)5-11/h6-8H,1-2H3. The average molecular weight is 147 g/mol. The van der Waals surface area contributed by atoms with E-state index in [1.807, 2.05) is 18.2 Å². The van der Waals surface area contributed by atoms with Gasteiger partial charge in [0.05, 0.1) is 18.2 Å². The van der Waals surface area contributed by atoms with Gasteiger partial charge >= 0.3 is 0 Å². The van der Waals surface area contributed by atoms with Crippen molar-refractivity contribution in [3.63, 3.8) is 0 Å². The maximum atomic E-state index is 8.48. The number of nitriles is 3. The summed E-state index contributed by atoms with van der Waals surface area (Å²) in [6.07, 6.45) is 0. The summed E-state index contributed by atoms with van der Waals surface area (Å²) in [5, 5.41) is 25.4. The average Bonchev–Trinajstić information content (AvgIpc) is 2.05. The molecule has 2 unspecified atom stereocenters. The Morgan fingerprint density at radius 1 is 0.909 bits per heavy atom. The van der Waals surface area contributed by atoms with E-state index in [-0.39, 0.29) is 11.8 Å². The summed E-state index contributed by atoms with van der Waals surface area (Å²) in [5.41, 5.74) is 0. The first-order valence-electron chi connectivity index (χ1n) is 3.36. The van der Waals surface area contributed by atoms with Crippen LogP contribution < -0.4 is 0 Å². The van der Waals surface area contributed by atoms with Crippen LogP contribution in [-0.4, -0.2) is 0 Å². The van der Waals surface area contributed by atoms with Crippen molar-refractivity contribution in [2.75, 3.05) is 0 Å². The Labute approximate surface area is 66.5 Å². The van der Waals surface area contributed by atoms with Crippen LogP contribution in [-0.2, 0) is 0 Å². The van der Waals surface area contributed by atoms with Gasteiger partial charge in [0.15, 0.2) is 0 Å². The molecule has 0 N–H and O–H groups in total. The van der Waals surface area contributed by atoms with Gasteiger partial charge in [-0.25, -0.2) is 0 Å². The van der Waals surface area contributed by atoms with Gasteiger partial charge in [0.25, 0.3) is 0 Å². The zero-order chi connectivity index (χ0) is 8.85. The third-order valence-corrected chi connectivity index (χ3v) is 1.80. The smallest absolute Gasteiger partial charge is 0.137 e. The lowest BCUT2D eigenvalue weighted by Crippen LogP contribution is -2.14. The minimum Gasteiger partial charge on any atom is -0.198 e. The molecular formula is C8H9N3. The fourth-order valence-electron chi connectivity index (χ4n) is 0.670. The van der Waals surface area contributed by atoms with Crippen LogP contribution in [0, 0.1) is 51.7 Å². The van der Waals surface area contributed by atoms with Gasteiger partial charge in [-0.3, -0.25) is 0 Å². The number of hydrogen-bond acceptors (Lipinski definition) is 3. The number of hydrogen-bond donors (Lipinski definition) is 0. The highest BCUT2D eigenvalue weighted by Crippen LogP contribution is 2.18. The molecule has 3 heteroatoms. The summed E-state index contributed by atoms with van der Waals surface area (Å²) >= 11 is 0. The molecule has 0 fully saturated rings. The Morgan fingerprint density at radius 3 is 1.64 bits per heavy atom. The molecule has 0 aromatic rings. The number of rotatable bonds is 2. The van der Waals surface area contributed by atoms with Crippen LogP contribution in [0.5, 0.6) is 0 Å². The van der Waals surface area contributed by atoms with Crippen molar-refractivity contribution in [2.45, 2.75) is 13.8 Å². The van der Waals surface area contributed by atoms with E-state index in [4.69, 9.17) is 15.8 Å². The maximum absolute atomic E-state index is 8.48. The molecule has 0 saturated heterocycles. The van der Waals surface area contributed by atoms with Gasteiger partial charge in [0.1, 0.15) is 5.92 Å². The van der Waals surface area contributed by atoms with Crippen molar-refractivity contribution in [3.05, 3.63) is 0 Å². The van der Waals surface area contributed by atoms with Crippen molar-refractivity contribution >= 4 is 0 Å². The third-order valence-electron chi connectivity index (χ3n) is 1.80. The van der Waals surface area contributed by atoms with Crippen molar-refractivity contribution in [1.29, 1.82) is 15.8 Å². The van der Waals surface area contributed by atoms with Crippen molar-refractivity contribution < 1.29 is 0 Å². The predicted octanol–water partition coefficient (Wildman–Crippen LogP) is 1.45. The summed E-state index contributed by atoms with van der Waals surface area (Å²) in [5.74, 6) is -1.07. The van der Waals surface area contributed by atoms with E-state index in [2.05, 4.69) is 0 Å². The van der Waals surface area contributed by atoms with Gasteiger partial charge < -0.3 is 0 Å². The zero-order valence-electron chi connectivity index (χ0n) is 6.57. The molecule has 0 aromatic carbocycles. The minimum absolute atomic E-state index is 0.171. The van der Waals surface area contributed by atoms with E-state index in [0.717, 1.165) is 0 Å². The van der Waals surface area contributed by atoms with Gasteiger partial charge in [-0.2, -0.15) is 15.8 Å². The summed E-state index contributed by atoms with van der Waals surface area (Å²) < 4.78 is 0. The lowest BCUT2D eigenvalue weighted by Gasteiger charge is -2.12. The maximum Gasteiger partial charge on any atom is 0.137 e. The van der Waals surface area contributed by atoms with Gasteiger partial charge in [-0.1, -0.05) is 6.92 Å². The Morgan fingerprint density at radius 2 is 1.36 bits per heavy atom. The molecule has 0 rings (SSSR count). The fraction of sp³-hybridized carbons (Fsp3) is 0.625. The molecule has 0 saturated carbocycles. The largest absolute Gasteiger partial charge is 0.198 e. The Bertz CT molecular complexity index is 224. The first kappa shape index (κ1) is 9.47. The minimum atomic E-state index is -0.662. The van der Waals surface area contributed by atoms with Crippen LogP contribution in [0.15, 0.2) is 0 Å². The third kappa shape index (κ3) is 2.28. The highest BCUT2D eigenvalue weighted by Gasteiger charge is 2.21. The Hall–Kier alpha value is -1.53. The molecule has 0 aromatic heterocycles. The molecule has 0 amide bonds. The molecular weight excluding hydrogens is 138 g/mol. The lowest BCUT2D eigenvalue weighted by molar-refractivity contribution is 0.419. The lowest BCUT2D eigenvalue weighted by atomic mass is 9.86. The second-order valence-corrected chi connectivity index (χ2v) is 2.51. The quantitative estimate of drug-likeness (QED) is 0.593. The monoisotopic (exact) mass is 147 g/mol. The summed E-state index contributed by atoms with van der Waals surface area (Å²) in [7, 11) is 0. The van der Waals surface area contributed by atoms with Crippen LogP contribution in [0.25, 0.3) is 0 Å². The molecule has 0 radical (unpaired) electrons. The molecule has 0 aliphatic carbocycles. The Kier molecular flexibility index (Phi) is 3.71. The van der Waals surface area contributed by atoms with Crippen molar-refractivity contribution in [1.82, 2.24) is 0 Å². The summed E-state index contributed by atoms with van der Waals surface area (Å²) in [4.78, 5) is 0. The zero-order valence-corrected chi connectivity index (χ0v) is 6.57. The second-order valence-electron chi connectivity index (χ2n) is 2.51. The van der Waals surface area contributed by atoms with E-state index in [1.165, 1.54) is 0 Å². The van der Waals surface area contributed by atoms with Crippen LogP contribution in [0.3, 0.4) is 0 Å². The number of nitrogens with zero attached hydrogens (tertiary/aromatic N) is 3. The van der Waals surface area contributed by atoms with Crippen LogP contribution in [0.4, 0.5) is 0 Å². The van der Waals surface area contributed by atoms with Gasteiger partial charge in [-0.15, -0.1) is 0 Å². The highest BCUT2D eigenvalue weighted by atomic mass is 14.4. The molecule has 0 aliphatic rings. The molecule has 3 nitrogen and oxygen atoms in total. The van der Waals surface area contributed by atoms with Gasteiger partial charge in [0, 0.05) is 11.8 Å². The molecule has 0 heterocycles. The van der Waals surface area contributed by atoms with E-state index in [0.29, 0.717) is 0 Å². The summed E-state index contributed by atoms with van der Waals surface area (Å²) in [6, 6.07) is 5.72. The highest BCUT2D eigenvalue weighted by molar-refractivity contribution is 5.04. The molecule has 0 spiro atoms. The van der Waals surface area contributed by atoms with Gasteiger partial charge in [-0.05, 0) is 6.92 Å². The molecule has 2 atom stereocenters. The molecule has 56 valence electrons. The molecule has 11 heavy (non-hydrogen) atoms. The predicted molar refractivity (Wildman–Crippen MR) is 38.7 cm³/mol. The SMILES string of the molecule is CC(C#N)C(C)C(C#N)C#N. The van der Waals surface area contributed by atoms with E-state index < -0.39 is 5.92 Å².